The number of halogens is 1. The Morgan fingerprint density at radius 3 is 2.65 bits per heavy atom. The summed E-state index contributed by atoms with van der Waals surface area (Å²) in [4.78, 5) is 24.4. The van der Waals surface area contributed by atoms with Crippen LogP contribution in [0.25, 0.3) is 6.08 Å². The Morgan fingerprint density at radius 1 is 1.45 bits per heavy atom. The molecule has 1 N–H and O–H groups in total. The molecular formula is C14H18BrNO3S. The Labute approximate surface area is 131 Å². The molecule has 0 bridgehead atoms. The summed E-state index contributed by atoms with van der Waals surface area (Å²) in [5.41, 5.74) is 0. The topological polar surface area (TPSA) is 55.4 Å². The summed E-state index contributed by atoms with van der Waals surface area (Å²) >= 11 is 4.89. The third-order valence-corrected chi connectivity index (χ3v) is 4.09. The number of amides is 1. The molecule has 110 valence electrons. The molecular weight excluding hydrogens is 342 g/mol. The smallest absolute Gasteiger partial charge is 0.328 e. The van der Waals surface area contributed by atoms with Crippen molar-refractivity contribution in [2.24, 2.45) is 5.92 Å². The van der Waals surface area contributed by atoms with E-state index in [2.05, 4.69) is 21.2 Å². The van der Waals surface area contributed by atoms with Gasteiger partial charge >= 0.3 is 5.97 Å². The van der Waals surface area contributed by atoms with Crippen LogP contribution in [0.3, 0.4) is 0 Å². The molecule has 0 spiro atoms. The number of carbonyl (C=O) groups excluding carboxylic acids is 2. The number of rotatable bonds is 6. The molecule has 4 nitrogen and oxygen atoms in total. The van der Waals surface area contributed by atoms with Crippen molar-refractivity contribution >= 4 is 45.2 Å². The van der Waals surface area contributed by atoms with E-state index in [1.165, 1.54) is 24.5 Å². The van der Waals surface area contributed by atoms with Gasteiger partial charge in [-0.15, -0.1) is 11.3 Å². The highest BCUT2D eigenvalue weighted by atomic mass is 79.9. The van der Waals surface area contributed by atoms with Gasteiger partial charge < -0.3 is 10.1 Å². The molecule has 6 heteroatoms. The highest BCUT2D eigenvalue weighted by molar-refractivity contribution is 9.11. The van der Waals surface area contributed by atoms with Crippen molar-refractivity contribution in [1.82, 2.24) is 5.32 Å². The van der Waals surface area contributed by atoms with Gasteiger partial charge in [0, 0.05) is 11.0 Å². The van der Waals surface area contributed by atoms with Crippen molar-refractivity contribution < 1.29 is 14.3 Å². The lowest BCUT2D eigenvalue weighted by Gasteiger charge is -2.17. The van der Waals surface area contributed by atoms with Crippen LogP contribution in [-0.4, -0.2) is 25.0 Å². The van der Waals surface area contributed by atoms with Gasteiger partial charge in [0.05, 0.1) is 10.9 Å². The van der Waals surface area contributed by atoms with E-state index in [9.17, 15) is 9.59 Å². The number of hydrogen-bond acceptors (Lipinski definition) is 4. The molecule has 0 aliphatic heterocycles. The van der Waals surface area contributed by atoms with Crippen LogP contribution < -0.4 is 5.32 Å². The largest absolute Gasteiger partial charge is 0.467 e. The van der Waals surface area contributed by atoms with Crippen LogP contribution in [0.15, 0.2) is 22.0 Å². The first-order valence-corrected chi connectivity index (χ1v) is 7.85. The van der Waals surface area contributed by atoms with Crippen LogP contribution in [0, 0.1) is 5.92 Å². The number of thiophene rings is 1. The summed E-state index contributed by atoms with van der Waals surface area (Å²) in [7, 11) is 1.32. The Balaban J connectivity index is 2.61. The molecule has 0 saturated carbocycles. The van der Waals surface area contributed by atoms with Crippen LogP contribution in [0.1, 0.15) is 25.1 Å². The van der Waals surface area contributed by atoms with Crippen molar-refractivity contribution in [2.45, 2.75) is 26.3 Å². The van der Waals surface area contributed by atoms with Crippen molar-refractivity contribution in [1.29, 1.82) is 0 Å². The molecule has 0 aromatic carbocycles. The fourth-order valence-electron chi connectivity index (χ4n) is 1.62. The number of carbonyl (C=O) groups is 2. The molecule has 1 atom stereocenters. The van der Waals surface area contributed by atoms with Crippen LogP contribution in [-0.2, 0) is 14.3 Å². The van der Waals surface area contributed by atoms with E-state index in [-0.39, 0.29) is 11.8 Å². The highest BCUT2D eigenvalue weighted by Crippen LogP contribution is 2.22. The van der Waals surface area contributed by atoms with E-state index in [0.29, 0.717) is 6.42 Å². The van der Waals surface area contributed by atoms with Crippen molar-refractivity contribution in [2.75, 3.05) is 7.11 Å². The molecule has 0 fully saturated rings. The van der Waals surface area contributed by atoms with Gasteiger partial charge in [0.2, 0.25) is 5.91 Å². The van der Waals surface area contributed by atoms with Gasteiger partial charge in [-0.1, -0.05) is 13.8 Å². The first kappa shape index (κ1) is 16.9. The van der Waals surface area contributed by atoms with E-state index in [4.69, 9.17) is 4.74 Å². The summed E-state index contributed by atoms with van der Waals surface area (Å²) in [5.74, 6) is -0.429. The van der Waals surface area contributed by atoms with Gasteiger partial charge in [0.25, 0.3) is 0 Å². The van der Waals surface area contributed by atoms with Crippen LogP contribution >= 0.6 is 27.3 Å². The zero-order chi connectivity index (χ0) is 15.1. The number of nitrogens with one attached hydrogen (secondary N) is 1. The molecule has 1 rings (SSSR count). The quantitative estimate of drug-likeness (QED) is 0.626. The van der Waals surface area contributed by atoms with Crippen LogP contribution in [0.5, 0.6) is 0 Å². The first-order chi connectivity index (χ1) is 9.42. The van der Waals surface area contributed by atoms with Gasteiger partial charge in [-0.25, -0.2) is 4.79 Å². The average Bonchev–Trinajstić information content (AvgIpc) is 2.80. The van der Waals surface area contributed by atoms with Crippen LogP contribution in [0.2, 0.25) is 0 Å². The second-order valence-corrected chi connectivity index (χ2v) is 7.18. The summed E-state index contributed by atoms with van der Waals surface area (Å²) in [6.07, 6.45) is 3.69. The first-order valence-electron chi connectivity index (χ1n) is 6.24. The van der Waals surface area contributed by atoms with Gasteiger partial charge in [-0.2, -0.15) is 0 Å². The predicted molar refractivity (Wildman–Crippen MR) is 84.5 cm³/mol. The normalized spacial score (nSPS) is 12.7. The second-order valence-electron chi connectivity index (χ2n) is 4.69. The molecule has 1 heterocycles. The number of ether oxygens (including phenoxy) is 1. The Hall–Kier alpha value is -1.14. The van der Waals surface area contributed by atoms with Crippen molar-refractivity contribution in [3.63, 3.8) is 0 Å². The van der Waals surface area contributed by atoms with E-state index in [1.54, 1.807) is 6.08 Å². The lowest BCUT2D eigenvalue weighted by molar-refractivity contribution is -0.145. The summed E-state index contributed by atoms with van der Waals surface area (Å²) < 4.78 is 5.70. The minimum absolute atomic E-state index is 0.289. The molecule has 0 aliphatic carbocycles. The average molecular weight is 360 g/mol. The third-order valence-electron chi connectivity index (χ3n) is 2.50. The van der Waals surface area contributed by atoms with Crippen molar-refractivity contribution in [3.8, 4) is 0 Å². The van der Waals surface area contributed by atoms with Gasteiger partial charge in [-0.05, 0) is 46.5 Å². The van der Waals surface area contributed by atoms with Crippen molar-refractivity contribution in [3.05, 3.63) is 26.9 Å². The third kappa shape index (κ3) is 5.88. The maximum Gasteiger partial charge on any atom is 0.328 e. The lowest BCUT2D eigenvalue weighted by atomic mass is 10.0. The van der Waals surface area contributed by atoms with Gasteiger partial charge in [-0.3, -0.25) is 4.79 Å². The second kappa shape index (κ2) is 8.21. The maximum atomic E-state index is 11.8. The lowest BCUT2D eigenvalue weighted by Crippen LogP contribution is -2.41. The fourth-order valence-corrected chi connectivity index (χ4v) is 2.95. The minimum atomic E-state index is -0.604. The maximum absolute atomic E-state index is 11.8. The van der Waals surface area contributed by atoms with Gasteiger partial charge in [0.1, 0.15) is 6.04 Å². The molecule has 1 amide bonds. The summed E-state index contributed by atoms with van der Waals surface area (Å²) in [5, 5.41) is 2.67. The Bertz CT molecular complexity index is 496. The number of esters is 1. The standard InChI is InChI=1S/C14H18BrNO3S/c1-9(2)8-11(14(18)19-3)16-13(17)7-5-10-4-6-12(15)20-10/h4-7,9,11H,8H2,1-3H3,(H,16,17)/b7-5+. The molecule has 1 unspecified atom stereocenters. The molecule has 0 radical (unpaired) electrons. The summed E-state index contributed by atoms with van der Waals surface area (Å²) in [6, 6.07) is 3.22. The molecule has 20 heavy (non-hydrogen) atoms. The molecule has 1 aromatic rings. The predicted octanol–water partition coefficient (Wildman–Crippen LogP) is 3.23. The fraction of sp³-hybridized carbons (Fsp3) is 0.429. The zero-order valence-electron chi connectivity index (χ0n) is 11.7. The Kier molecular flexibility index (Phi) is 6.95. The summed E-state index contributed by atoms with van der Waals surface area (Å²) in [6.45, 7) is 3.97. The minimum Gasteiger partial charge on any atom is -0.467 e. The zero-order valence-corrected chi connectivity index (χ0v) is 14.1. The number of hydrogen-bond donors (Lipinski definition) is 1. The van der Waals surface area contributed by atoms with E-state index < -0.39 is 12.0 Å². The number of methoxy groups -OCH3 is 1. The molecule has 0 aliphatic rings. The van der Waals surface area contributed by atoms with E-state index in [1.807, 2.05) is 26.0 Å². The SMILES string of the molecule is COC(=O)C(CC(C)C)NC(=O)/C=C/c1ccc(Br)s1. The Morgan fingerprint density at radius 2 is 2.15 bits per heavy atom. The molecule has 1 aromatic heterocycles. The monoisotopic (exact) mass is 359 g/mol. The van der Waals surface area contributed by atoms with Gasteiger partial charge in [0.15, 0.2) is 0 Å². The van der Waals surface area contributed by atoms with E-state index in [0.717, 1.165) is 8.66 Å². The van der Waals surface area contributed by atoms with Crippen LogP contribution in [0.4, 0.5) is 0 Å². The molecule has 0 saturated heterocycles. The van der Waals surface area contributed by atoms with E-state index >= 15 is 0 Å². The highest BCUT2D eigenvalue weighted by Gasteiger charge is 2.21.